The Kier molecular flexibility index (Phi) is 5.67. The van der Waals surface area contributed by atoms with E-state index in [1.807, 2.05) is 0 Å². The molecule has 3 rings (SSSR count). The van der Waals surface area contributed by atoms with Crippen LogP contribution in [0.3, 0.4) is 0 Å². The van der Waals surface area contributed by atoms with Crippen LogP contribution >= 0.6 is 22.6 Å². The van der Waals surface area contributed by atoms with Gasteiger partial charge in [0.15, 0.2) is 23.7 Å². The fourth-order valence-electron chi connectivity index (χ4n) is 2.49. The van der Waals surface area contributed by atoms with E-state index >= 15 is 0 Å². The van der Waals surface area contributed by atoms with Gasteiger partial charge in [-0.15, -0.1) is 9.19 Å². The number of aromatic nitrogens is 3. The average Bonchev–Trinajstić information content (AvgIpc) is 3.09. The summed E-state index contributed by atoms with van der Waals surface area (Å²) in [5.41, 5.74) is -0.607. The number of fused-ring (bicyclic) bond motifs is 1. The fraction of sp³-hybridized carbons (Fsp3) is 0.118. The second-order valence-corrected chi connectivity index (χ2v) is 8.31. The van der Waals surface area contributed by atoms with Gasteiger partial charge in [0.2, 0.25) is 0 Å². The van der Waals surface area contributed by atoms with E-state index in [1.165, 1.54) is 24.4 Å². The Balaban J connectivity index is 2.37. The summed E-state index contributed by atoms with van der Waals surface area (Å²) in [6.45, 7) is 1.97. The van der Waals surface area contributed by atoms with E-state index in [2.05, 4.69) is 15.1 Å². The Bertz CT molecular complexity index is 1330. The van der Waals surface area contributed by atoms with Crippen LogP contribution in [-0.2, 0) is 14.8 Å². The van der Waals surface area contributed by atoms with Crippen LogP contribution in [0.5, 0.6) is 5.75 Å². The standard InChI is InChI=1S/C17H11IN6O4S/c1-2-28-9-22-17-11(7-19)13(8-20)23-24(17)29(26,27)14-6-12(18)16(25)15-10(14)4-3-5-21-15/h3-6,9,25H,2H2,1H3. The quantitative estimate of drug-likeness (QED) is 0.305. The van der Waals surface area contributed by atoms with Crippen molar-refractivity contribution in [1.82, 2.24) is 14.2 Å². The molecule has 3 aromatic rings. The molecule has 2 aromatic heterocycles. The van der Waals surface area contributed by atoms with Gasteiger partial charge in [0.1, 0.15) is 28.1 Å². The number of aliphatic imine (C=N–C) groups is 1. The monoisotopic (exact) mass is 522 g/mol. The van der Waals surface area contributed by atoms with E-state index in [0.29, 0.717) is 4.09 Å². The lowest BCUT2D eigenvalue weighted by Gasteiger charge is -2.11. The van der Waals surface area contributed by atoms with Crippen molar-refractivity contribution < 1.29 is 18.3 Å². The third kappa shape index (κ3) is 3.48. The van der Waals surface area contributed by atoms with Crippen molar-refractivity contribution in [3.63, 3.8) is 0 Å². The van der Waals surface area contributed by atoms with Gasteiger partial charge < -0.3 is 9.84 Å². The first-order valence-electron chi connectivity index (χ1n) is 7.95. The second-order valence-electron chi connectivity index (χ2n) is 5.41. The maximum atomic E-state index is 13.4. The molecule has 1 N–H and O–H groups in total. The molecular weight excluding hydrogens is 511 g/mol. The molecule has 0 aliphatic carbocycles. The Morgan fingerprint density at radius 2 is 2.17 bits per heavy atom. The smallest absolute Gasteiger partial charge is 0.285 e. The molecule has 10 nitrogen and oxygen atoms in total. The van der Waals surface area contributed by atoms with Crippen molar-refractivity contribution in [2.45, 2.75) is 11.8 Å². The highest BCUT2D eigenvalue weighted by molar-refractivity contribution is 14.1. The van der Waals surface area contributed by atoms with Gasteiger partial charge in [-0.25, -0.2) is 0 Å². The fourth-order valence-corrected chi connectivity index (χ4v) is 4.72. The van der Waals surface area contributed by atoms with Gasteiger partial charge in [-0.2, -0.15) is 23.9 Å². The van der Waals surface area contributed by atoms with E-state index in [1.54, 1.807) is 41.7 Å². The van der Waals surface area contributed by atoms with Gasteiger partial charge in [-0.1, -0.05) is 0 Å². The number of phenols is 1. The number of rotatable bonds is 5. The summed E-state index contributed by atoms with van der Waals surface area (Å²) in [5, 5.41) is 32.8. The predicted molar refractivity (Wildman–Crippen MR) is 110 cm³/mol. The number of benzene rings is 1. The zero-order valence-electron chi connectivity index (χ0n) is 14.7. The molecule has 0 unspecified atom stereocenters. The van der Waals surface area contributed by atoms with Crippen LogP contribution in [0.4, 0.5) is 5.82 Å². The summed E-state index contributed by atoms with van der Waals surface area (Å²) < 4.78 is 32.6. The van der Waals surface area contributed by atoms with Gasteiger partial charge in [0.05, 0.1) is 10.2 Å². The second kappa shape index (κ2) is 8.02. The minimum absolute atomic E-state index is 0.0884. The number of pyridine rings is 1. The summed E-state index contributed by atoms with van der Waals surface area (Å²) >= 11 is 1.78. The number of halogens is 1. The lowest BCUT2D eigenvalue weighted by molar-refractivity contribution is 0.344. The molecule has 29 heavy (non-hydrogen) atoms. The lowest BCUT2D eigenvalue weighted by atomic mass is 10.2. The molecule has 12 heteroatoms. The van der Waals surface area contributed by atoms with Gasteiger partial charge in [0.25, 0.3) is 10.0 Å². The number of hydrogen-bond acceptors (Lipinski definition) is 9. The van der Waals surface area contributed by atoms with Gasteiger partial charge >= 0.3 is 0 Å². The maximum absolute atomic E-state index is 13.4. The van der Waals surface area contributed by atoms with Gasteiger partial charge in [-0.3, -0.25) is 4.98 Å². The lowest BCUT2D eigenvalue weighted by Crippen LogP contribution is -2.15. The zero-order chi connectivity index (χ0) is 21.2. The first-order chi connectivity index (χ1) is 13.9. The Morgan fingerprint density at radius 1 is 1.41 bits per heavy atom. The zero-order valence-corrected chi connectivity index (χ0v) is 17.7. The highest BCUT2D eigenvalue weighted by Gasteiger charge is 2.30. The number of hydrogen-bond donors (Lipinski definition) is 1. The van der Waals surface area contributed by atoms with Crippen LogP contribution in [0.15, 0.2) is 34.3 Å². The number of aromatic hydroxyl groups is 1. The van der Waals surface area contributed by atoms with Crippen molar-refractivity contribution in [3.05, 3.63) is 39.2 Å². The Labute approximate surface area is 178 Å². The SMILES string of the molecule is CCOC=Nc1c(C#N)c(C#N)nn1S(=O)(=O)c1cc(I)c(O)c2ncccc12. The molecule has 0 saturated carbocycles. The normalized spacial score (nSPS) is 11.4. The molecule has 0 aliphatic rings. The van der Waals surface area contributed by atoms with Crippen LogP contribution in [0.2, 0.25) is 0 Å². The third-order valence-corrected chi connectivity index (χ3v) is 6.18. The molecule has 0 fully saturated rings. The Morgan fingerprint density at radius 3 is 2.83 bits per heavy atom. The van der Waals surface area contributed by atoms with E-state index in [0.717, 1.165) is 6.40 Å². The molecule has 1 aromatic carbocycles. The van der Waals surface area contributed by atoms with E-state index in [9.17, 15) is 24.0 Å². The molecule has 2 heterocycles. The van der Waals surface area contributed by atoms with Crippen LogP contribution in [0, 0.1) is 26.2 Å². The third-order valence-electron chi connectivity index (χ3n) is 3.75. The molecule has 0 saturated heterocycles. The molecular formula is C17H11IN6O4S. The minimum atomic E-state index is -4.42. The topological polar surface area (TPSA) is 154 Å². The molecule has 0 bridgehead atoms. The largest absolute Gasteiger partial charge is 0.505 e. The van der Waals surface area contributed by atoms with Crippen molar-refractivity contribution >= 4 is 55.7 Å². The van der Waals surface area contributed by atoms with Crippen molar-refractivity contribution in [2.75, 3.05) is 6.61 Å². The number of nitriles is 2. The van der Waals surface area contributed by atoms with Crippen LogP contribution < -0.4 is 0 Å². The Hall–Kier alpha value is -3.23. The van der Waals surface area contributed by atoms with Gasteiger partial charge in [-0.05, 0) is 47.7 Å². The van der Waals surface area contributed by atoms with E-state index in [4.69, 9.17) is 4.74 Å². The van der Waals surface area contributed by atoms with Crippen molar-refractivity contribution in [3.8, 4) is 17.9 Å². The van der Waals surface area contributed by atoms with E-state index < -0.39 is 15.7 Å². The minimum Gasteiger partial charge on any atom is -0.505 e. The summed E-state index contributed by atoms with van der Waals surface area (Å²) in [5.74, 6) is -0.525. The molecule has 0 atom stereocenters. The molecule has 0 radical (unpaired) electrons. The summed E-state index contributed by atoms with van der Waals surface area (Å²) in [6, 6.07) is 7.70. The van der Waals surface area contributed by atoms with Crippen molar-refractivity contribution in [2.24, 2.45) is 4.99 Å². The number of ether oxygens (including phenoxy) is 1. The molecule has 146 valence electrons. The highest BCUT2D eigenvalue weighted by Crippen LogP contribution is 2.35. The van der Waals surface area contributed by atoms with E-state index in [-0.39, 0.29) is 43.1 Å². The number of phenolic OH excluding ortho intramolecular Hbond substituents is 1. The highest BCUT2D eigenvalue weighted by atomic mass is 127. The molecule has 0 amide bonds. The van der Waals surface area contributed by atoms with Crippen LogP contribution in [0.25, 0.3) is 10.9 Å². The summed E-state index contributed by atoms with van der Waals surface area (Å²) in [6.07, 6.45) is 2.40. The van der Waals surface area contributed by atoms with Gasteiger partial charge in [0, 0.05) is 11.6 Å². The first kappa shape index (κ1) is 20.5. The summed E-state index contributed by atoms with van der Waals surface area (Å²) in [4.78, 5) is 7.71. The number of nitrogens with zero attached hydrogens (tertiary/aromatic N) is 6. The molecule has 0 spiro atoms. The molecule has 0 aliphatic heterocycles. The predicted octanol–water partition coefficient (Wildman–Crippen LogP) is 2.42. The first-order valence-corrected chi connectivity index (χ1v) is 10.5. The van der Waals surface area contributed by atoms with Crippen molar-refractivity contribution in [1.29, 1.82) is 10.5 Å². The average molecular weight is 522 g/mol. The maximum Gasteiger partial charge on any atom is 0.285 e. The van der Waals surface area contributed by atoms with Crippen LogP contribution in [-0.4, -0.2) is 40.7 Å². The summed E-state index contributed by atoms with van der Waals surface area (Å²) in [7, 11) is -4.42. The van der Waals surface area contributed by atoms with Crippen LogP contribution in [0.1, 0.15) is 18.2 Å².